The van der Waals surface area contributed by atoms with E-state index in [-0.39, 0.29) is 0 Å². The van der Waals surface area contributed by atoms with Crippen LogP contribution >= 0.6 is 23.2 Å². The van der Waals surface area contributed by atoms with Crippen LogP contribution in [-0.4, -0.2) is 20.2 Å². The molecule has 0 spiro atoms. The third kappa shape index (κ3) is 4.06. The first kappa shape index (κ1) is 15.5. The van der Waals surface area contributed by atoms with E-state index < -0.39 is 0 Å². The molecule has 116 valence electrons. The predicted molar refractivity (Wildman–Crippen MR) is 91.1 cm³/mol. The molecule has 8 heteroatoms. The number of aromatic nitrogens is 4. The second-order valence-corrected chi connectivity index (χ2v) is 5.41. The van der Waals surface area contributed by atoms with Crippen LogP contribution in [0.5, 0.6) is 0 Å². The van der Waals surface area contributed by atoms with Crippen LogP contribution in [0.3, 0.4) is 0 Å². The average molecular weight is 347 g/mol. The third-order valence-electron chi connectivity index (χ3n) is 2.98. The molecule has 6 nitrogen and oxygen atoms in total. The topological polar surface area (TPSA) is 75.6 Å². The third-order valence-corrected chi connectivity index (χ3v) is 3.61. The summed E-state index contributed by atoms with van der Waals surface area (Å²) >= 11 is 12.2. The van der Waals surface area contributed by atoms with E-state index >= 15 is 0 Å². The standard InChI is InChI=1S/C15H12Cl2N6/c16-11-2-1-3-12(17)14(11)22-15-21-13(9-20-23-15)19-8-10-4-6-18-7-5-10/h1-7,9H,8H2,(H2,19,21,22,23). The number of anilines is 3. The second-order valence-electron chi connectivity index (χ2n) is 4.60. The first-order chi connectivity index (χ1) is 11.2. The minimum atomic E-state index is 0.305. The van der Waals surface area contributed by atoms with Crippen molar-refractivity contribution in [2.24, 2.45) is 0 Å². The van der Waals surface area contributed by atoms with Crippen molar-refractivity contribution < 1.29 is 0 Å². The van der Waals surface area contributed by atoms with Crippen molar-refractivity contribution in [3.05, 3.63) is 64.5 Å². The highest BCUT2D eigenvalue weighted by Gasteiger charge is 2.08. The van der Waals surface area contributed by atoms with Gasteiger partial charge in [-0.05, 0) is 29.8 Å². The van der Waals surface area contributed by atoms with Crippen molar-refractivity contribution in [2.45, 2.75) is 6.54 Å². The minimum absolute atomic E-state index is 0.305. The zero-order chi connectivity index (χ0) is 16.1. The van der Waals surface area contributed by atoms with Crippen molar-refractivity contribution in [1.82, 2.24) is 20.2 Å². The van der Waals surface area contributed by atoms with E-state index in [9.17, 15) is 0 Å². The van der Waals surface area contributed by atoms with Gasteiger partial charge in [0.25, 0.3) is 0 Å². The van der Waals surface area contributed by atoms with E-state index in [1.54, 1.807) is 36.8 Å². The quantitative estimate of drug-likeness (QED) is 0.728. The number of benzene rings is 1. The van der Waals surface area contributed by atoms with Crippen LogP contribution in [0.4, 0.5) is 17.5 Å². The highest BCUT2D eigenvalue weighted by Crippen LogP contribution is 2.31. The van der Waals surface area contributed by atoms with Gasteiger partial charge in [0.2, 0.25) is 5.95 Å². The lowest BCUT2D eigenvalue weighted by Crippen LogP contribution is -2.06. The summed E-state index contributed by atoms with van der Waals surface area (Å²) in [5.41, 5.74) is 1.63. The largest absolute Gasteiger partial charge is 0.365 e. The lowest BCUT2D eigenvalue weighted by Gasteiger charge is -2.10. The summed E-state index contributed by atoms with van der Waals surface area (Å²) in [4.78, 5) is 8.31. The van der Waals surface area contributed by atoms with Gasteiger partial charge in [0.1, 0.15) is 0 Å². The molecule has 0 aliphatic rings. The molecule has 0 saturated heterocycles. The molecular formula is C15H12Cl2N6. The summed E-state index contributed by atoms with van der Waals surface area (Å²) in [6, 6.07) is 9.07. The summed E-state index contributed by atoms with van der Waals surface area (Å²) in [6.07, 6.45) is 5.02. The maximum Gasteiger partial charge on any atom is 0.249 e. The molecule has 0 bridgehead atoms. The van der Waals surface area contributed by atoms with Crippen molar-refractivity contribution in [3.8, 4) is 0 Å². The van der Waals surface area contributed by atoms with Crippen molar-refractivity contribution >= 4 is 40.7 Å². The van der Waals surface area contributed by atoms with Crippen molar-refractivity contribution in [3.63, 3.8) is 0 Å². The normalized spacial score (nSPS) is 10.3. The summed E-state index contributed by atoms with van der Waals surface area (Å²) in [6.45, 7) is 0.605. The van der Waals surface area contributed by atoms with Gasteiger partial charge in [-0.1, -0.05) is 29.3 Å². The Hall–Kier alpha value is -2.44. The smallest absolute Gasteiger partial charge is 0.249 e. The summed E-state index contributed by atoms with van der Waals surface area (Å²) < 4.78 is 0. The fraction of sp³-hybridized carbons (Fsp3) is 0.0667. The van der Waals surface area contributed by atoms with Crippen LogP contribution in [0, 0.1) is 0 Å². The van der Waals surface area contributed by atoms with E-state index in [4.69, 9.17) is 23.2 Å². The molecule has 1 aromatic carbocycles. The Balaban J connectivity index is 1.72. The number of hydrogen-bond acceptors (Lipinski definition) is 6. The zero-order valence-electron chi connectivity index (χ0n) is 11.9. The van der Waals surface area contributed by atoms with Crippen LogP contribution in [0.15, 0.2) is 48.9 Å². The van der Waals surface area contributed by atoms with Crippen molar-refractivity contribution in [1.29, 1.82) is 0 Å². The minimum Gasteiger partial charge on any atom is -0.365 e. The van der Waals surface area contributed by atoms with E-state index in [0.29, 0.717) is 34.0 Å². The Bertz CT molecular complexity index is 777. The van der Waals surface area contributed by atoms with Crippen LogP contribution in [-0.2, 0) is 6.54 Å². The van der Waals surface area contributed by atoms with Gasteiger partial charge in [0.05, 0.1) is 21.9 Å². The maximum atomic E-state index is 6.12. The molecule has 0 aliphatic heterocycles. The zero-order valence-corrected chi connectivity index (χ0v) is 13.4. The Labute approximate surface area is 142 Å². The number of hydrogen-bond donors (Lipinski definition) is 2. The molecule has 0 atom stereocenters. The van der Waals surface area contributed by atoms with Gasteiger partial charge in [0.15, 0.2) is 5.82 Å². The molecule has 2 heterocycles. The van der Waals surface area contributed by atoms with E-state index in [0.717, 1.165) is 5.56 Å². The lowest BCUT2D eigenvalue weighted by molar-refractivity contribution is 0.965. The molecular weight excluding hydrogens is 335 g/mol. The number of nitrogens with zero attached hydrogens (tertiary/aromatic N) is 4. The maximum absolute atomic E-state index is 6.12. The molecule has 0 amide bonds. The van der Waals surface area contributed by atoms with Gasteiger partial charge >= 0.3 is 0 Å². The van der Waals surface area contributed by atoms with Gasteiger partial charge in [-0.3, -0.25) is 4.98 Å². The summed E-state index contributed by atoms with van der Waals surface area (Å²) in [5, 5.41) is 15.0. The predicted octanol–water partition coefficient (Wildman–Crippen LogP) is 3.93. The Morgan fingerprint density at radius 3 is 2.48 bits per heavy atom. The van der Waals surface area contributed by atoms with E-state index in [2.05, 4.69) is 30.8 Å². The van der Waals surface area contributed by atoms with Crippen LogP contribution in [0.25, 0.3) is 0 Å². The molecule has 0 saturated carbocycles. The van der Waals surface area contributed by atoms with Gasteiger partial charge in [-0.15, -0.1) is 5.10 Å². The van der Waals surface area contributed by atoms with Gasteiger partial charge in [0, 0.05) is 18.9 Å². The Morgan fingerprint density at radius 2 is 1.74 bits per heavy atom. The van der Waals surface area contributed by atoms with E-state index in [1.807, 2.05) is 12.1 Å². The monoisotopic (exact) mass is 346 g/mol. The lowest BCUT2D eigenvalue weighted by atomic mass is 10.3. The fourth-order valence-electron chi connectivity index (χ4n) is 1.86. The average Bonchev–Trinajstić information content (AvgIpc) is 2.58. The van der Waals surface area contributed by atoms with Gasteiger partial charge < -0.3 is 10.6 Å². The highest BCUT2D eigenvalue weighted by atomic mass is 35.5. The molecule has 23 heavy (non-hydrogen) atoms. The molecule has 0 aliphatic carbocycles. The Morgan fingerprint density at radius 1 is 1.00 bits per heavy atom. The highest BCUT2D eigenvalue weighted by molar-refractivity contribution is 6.39. The molecule has 0 fully saturated rings. The number of para-hydroxylation sites is 1. The number of rotatable bonds is 5. The molecule has 2 N–H and O–H groups in total. The van der Waals surface area contributed by atoms with Crippen LogP contribution in [0.1, 0.15) is 5.56 Å². The van der Waals surface area contributed by atoms with Crippen molar-refractivity contribution in [2.75, 3.05) is 10.6 Å². The molecule has 2 aromatic heterocycles. The molecule has 0 unspecified atom stereocenters. The van der Waals surface area contributed by atoms with Gasteiger partial charge in [-0.25, -0.2) is 0 Å². The van der Waals surface area contributed by atoms with Crippen LogP contribution in [0.2, 0.25) is 10.0 Å². The van der Waals surface area contributed by atoms with Crippen LogP contribution < -0.4 is 10.6 Å². The molecule has 3 aromatic rings. The summed E-state index contributed by atoms with van der Waals surface area (Å²) in [5.74, 6) is 0.891. The number of nitrogens with one attached hydrogen (secondary N) is 2. The van der Waals surface area contributed by atoms with Gasteiger partial charge in [-0.2, -0.15) is 10.1 Å². The molecule has 0 radical (unpaired) electrons. The fourth-order valence-corrected chi connectivity index (χ4v) is 2.36. The first-order valence-corrected chi connectivity index (χ1v) is 7.51. The first-order valence-electron chi connectivity index (χ1n) is 6.76. The number of pyridine rings is 1. The van der Waals surface area contributed by atoms with E-state index in [1.165, 1.54) is 0 Å². The Kier molecular flexibility index (Phi) is 4.85. The number of halogens is 2. The SMILES string of the molecule is Clc1cccc(Cl)c1Nc1nncc(NCc2ccncc2)n1. The molecule has 3 rings (SSSR count). The second kappa shape index (κ2) is 7.21. The summed E-state index contributed by atoms with van der Waals surface area (Å²) in [7, 11) is 0.